The second-order valence-corrected chi connectivity index (χ2v) is 7.82. The number of alkyl halides is 3. The summed E-state index contributed by atoms with van der Waals surface area (Å²) in [5.41, 5.74) is 2.00. The van der Waals surface area contributed by atoms with Gasteiger partial charge < -0.3 is 9.47 Å². The molecule has 0 aliphatic carbocycles. The minimum absolute atomic E-state index is 0.00320. The van der Waals surface area contributed by atoms with Crippen molar-refractivity contribution in [2.24, 2.45) is 0 Å². The minimum atomic E-state index is -4.40. The molecule has 8 heteroatoms. The van der Waals surface area contributed by atoms with Crippen molar-refractivity contribution in [3.8, 4) is 11.3 Å². The average Bonchev–Trinajstić information content (AvgIpc) is 3.12. The summed E-state index contributed by atoms with van der Waals surface area (Å²) in [5, 5.41) is 0.167. The maximum Gasteiger partial charge on any atom is 0.406 e. The van der Waals surface area contributed by atoms with Gasteiger partial charge in [-0.05, 0) is 18.1 Å². The number of nitrogens with zero attached hydrogens (tertiary/aromatic N) is 3. The zero-order valence-corrected chi connectivity index (χ0v) is 17.5. The van der Waals surface area contributed by atoms with Crippen LogP contribution in [0.15, 0.2) is 72.0 Å². The lowest BCUT2D eigenvalue weighted by molar-refractivity contribution is -0.141. The van der Waals surface area contributed by atoms with Gasteiger partial charge in [0.05, 0.1) is 23.7 Å². The third kappa shape index (κ3) is 5.44. The van der Waals surface area contributed by atoms with Crippen LogP contribution >= 0.6 is 11.8 Å². The lowest BCUT2D eigenvalue weighted by Gasteiger charge is -2.25. The Hall–Kier alpha value is -2.74. The fraction of sp³-hybridized carbons (Fsp3) is 0.273. The van der Waals surface area contributed by atoms with Gasteiger partial charge in [-0.1, -0.05) is 72.4 Å². The molecule has 0 aliphatic heterocycles. The molecule has 0 saturated heterocycles. The molecule has 0 saturated carbocycles. The number of thioether (sulfide) groups is 1. The number of halogens is 3. The van der Waals surface area contributed by atoms with Crippen LogP contribution < -0.4 is 0 Å². The standard InChI is InChI=1S/C22H22F3N3OS/c1-16(17-9-5-3-6-10-17)27(2)20(29)14-30-21-26-13-19(18-11-7-4-8-12-18)28(21)15-22(23,24)25/h3-13,16H,14-15H2,1-2H3. The summed E-state index contributed by atoms with van der Waals surface area (Å²) in [6.45, 7) is 0.750. The van der Waals surface area contributed by atoms with Crippen molar-refractivity contribution in [3.63, 3.8) is 0 Å². The number of amides is 1. The molecule has 1 heterocycles. The molecule has 158 valence electrons. The Kier molecular flexibility index (Phi) is 6.87. The molecule has 0 fully saturated rings. The number of aromatic nitrogens is 2. The molecule has 1 aromatic heterocycles. The normalized spacial score (nSPS) is 12.6. The monoisotopic (exact) mass is 433 g/mol. The number of imidazole rings is 1. The van der Waals surface area contributed by atoms with Crippen molar-refractivity contribution in [3.05, 3.63) is 72.4 Å². The SMILES string of the molecule is CC(c1ccccc1)N(C)C(=O)CSc1ncc(-c2ccccc2)n1CC(F)(F)F. The largest absolute Gasteiger partial charge is 0.406 e. The van der Waals surface area contributed by atoms with Gasteiger partial charge in [-0.15, -0.1) is 0 Å². The molecule has 0 bridgehead atoms. The first-order chi connectivity index (χ1) is 14.3. The fourth-order valence-corrected chi connectivity index (χ4v) is 3.95. The van der Waals surface area contributed by atoms with E-state index in [2.05, 4.69) is 4.98 Å². The highest BCUT2D eigenvalue weighted by molar-refractivity contribution is 7.99. The molecule has 0 spiro atoms. The number of carbonyl (C=O) groups excluding carboxylic acids is 1. The molecule has 3 rings (SSSR count). The molecule has 1 atom stereocenters. The van der Waals surface area contributed by atoms with Gasteiger partial charge in [0.25, 0.3) is 0 Å². The quantitative estimate of drug-likeness (QED) is 0.467. The van der Waals surface area contributed by atoms with E-state index in [1.54, 1.807) is 42.3 Å². The van der Waals surface area contributed by atoms with Crippen molar-refractivity contribution in [1.29, 1.82) is 0 Å². The molecule has 1 amide bonds. The summed E-state index contributed by atoms with van der Waals surface area (Å²) < 4.78 is 40.7. The van der Waals surface area contributed by atoms with Crippen molar-refractivity contribution >= 4 is 17.7 Å². The smallest absolute Gasteiger partial charge is 0.338 e. The summed E-state index contributed by atoms with van der Waals surface area (Å²) in [6, 6.07) is 18.2. The highest BCUT2D eigenvalue weighted by Gasteiger charge is 2.31. The van der Waals surface area contributed by atoms with Gasteiger partial charge in [0.2, 0.25) is 5.91 Å². The molecular weight excluding hydrogens is 411 g/mol. The fourth-order valence-electron chi connectivity index (χ4n) is 3.04. The summed E-state index contributed by atoms with van der Waals surface area (Å²) in [5.74, 6) is -0.185. The Labute approximate surface area is 177 Å². The predicted molar refractivity (Wildman–Crippen MR) is 112 cm³/mol. The Morgan fingerprint density at radius 1 is 1.10 bits per heavy atom. The van der Waals surface area contributed by atoms with E-state index in [0.29, 0.717) is 11.3 Å². The first kappa shape index (κ1) is 22.0. The third-order valence-corrected chi connectivity index (χ3v) is 5.78. The first-order valence-corrected chi connectivity index (χ1v) is 10.4. The molecule has 4 nitrogen and oxygen atoms in total. The third-order valence-electron chi connectivity index (χ3n) is 4.81. The number of hydrogen-bond acceptors (Lipinski definition) is 3. The number of carbonyl (C=O) groups is 1. The van der Waals surface area contributed by atoms with Crippen LogP contribution in [0, 0.1) is 0 Å². The first-order valence-electron chi connectivity index (χ1n) is 9.37. The van der Waals surface area contributed by atoms with Gasteiger partial charge in [0.1, 0.15) is 6.54 Å². The lowest BCUT2D eigenvalue weighted by Crippen LogP contribution is -2.31. The Balaban J connectivity index is 1.76. The minimum Gasteiger partial charge on any atom is -0.338 e. The Bertz CT molecular complexity index is 974. The van der Waals surface area contributed by atoms with Crippen LogP contribution in [0.3, 0.4) is 0 Å². The molecule has 30 heavy (non-hydrogen) atoms. The lowest BCUT2D eigenvalue weighted by atomic mass is 10.1. The topological polar surface area (TPSA) is 38.1 Å². The van der Waals surface area contributed by atoms with Gasteiger partial charge >= 0.3 is 6.18 Å². The summed E-state index contributed by atoms with van der Waals surface area (Å²) in [6.07, 6.45) is -2.98. The van der Waals surface area contributed by atoms with E-state index in [4.69, 9.17) is 0 Å². The highest BCUT2D eigenvalue weighted by Crippen LogP contribution is 2.30. The molecule has 0 aliphatic rings. The van der Waals surface area contributed by atoms with Crippen molar-refractivity contribution in [2.45, 2.75) is 30.8 Å². The zero-order valence-electron chi connectivity index (χ0n) is 16.6. The van der Waals surface area contributed by atoms with Gasteiger partial charge in [0, 0.05) is 7.05 Å². The number of rotatable bonds is 7. The van der Waals surface area contributed by atoms with Crippen LogP contribution in [0.4, 0.5) is 13.2 Å². The zero-order chi connectivity index (χ0) is 21.7. The second kappa shape index (κ2) is 9.38. The van der Waals surface area contributed by atoms with E-state index in [1.165, 1.54) is 6.20 Å². The Morgan fingerprint density at radius 2 is 1.70 bits per heavy atom. The van der Waals surface area contributed by atoms with Gasteiger partial charge in [-0.3, -0.25) is 4.79 Å². The van der Waals surface area contributed by atoms with Crippen LogP contribution in [0.1, 0.15) is 18.5 Å². The van der Waals surface area contributed by atoms with Crippen LogP contribution in [-0.2, 0) is 11.3 Å². The maximum atomic E-state index is 13.2. The van der Waals surface area contributed by atoms with Gasteiger partial charge in [-0.25, -0.2) is 4.98 Å². The molecule has 2 aromatic carbocycles. The predicted octanol–water partition coefficient (Wildman–Crippen LogP) is 5.42. The maximum absolute atomic E-state index is 13.2. The van der Waals surface area contributed by atoms with E-state index < -0.39 is 12.7 Å². The van der Waals surface area contributed by atoms with E-state index in [1.807, 2.05) is 37.3 Å². The highest BCUT2D eigenvalue weighted by atomic mass is 32.2. The van der Waals surface area contributed by atoms with Crippen molar-refractivity contribution in [1.82, 2.24) is 14.5 Å². The van der Waals surface area contributed by atoms with Crippen LogP contribution in [0.2, 0.25) is 0 Å². The van der Waals surface area contributed by atoms with Crippen molar-refractivity contribution < 1.29 is 18.0 Å². The number of benzene rings is 2. The van der Waals surface area contributed by atoms with E-state index in [-0.39, 0.29) is 22.9 Å². The number of hydrogen-bond donors (Lipinski definition) is 0. The summed E-state index contributed by atoms with van der Waals surface area (Å²) in [7, 11) is 1.69. The van der Waals surface area contributed by atoms with Crippen LogP contribution in [0.5, 0.6) is 0 Å². The van der Waals surface area contributed by atoms with Crippen LogP contribution in [0.25, 0.3) is 11.3 Å². The molecule has 0 radical (unpaired) electrons. The molecule has 0 N–H and O–H groups in total. The van der Waals surface area contributed by atoms with Gasteiger partial charge in [0.15, 0.2) is 5.16 Å². The van der Waals surface area contributed by atoms with Crippen molar-refractivity contribution in [2.75, 3.05) is 12.8 Å². The molecule has 1 unspecified atom stereocenters. The average molecular weight is 433 g/mol. The van der Waals surface area contributed by atoms with Crippen LogP contribution in [-0.4, -0.2) is 39.3 Å². The summed E-state index contributed by atoms with van der Waals surface area (Å²) in [4.78, 5) is 18.4. The van der Waals surface area contributed by atoms with E-state index in [9.17, 15) is 18.0 Å². The second-order valence-electron chi connectivity index (χ2n) is 6.87. The van der Waals surface area contributed by atoms with E-state index >= 15 is 0 Å². The Morgan fingerprint density at radius 3 is 2.30 bits per heavy atom. The summed E-state index contributed by atoms with van der Waals surface area (Å²) >= 11 is 1.01. The van der Waals surface area contributed by atoms with Gasteiger partial charge in [-0.2, -0.15) is 13.2 Å². The molecule has 3 aromatic rings. The molecular formula is C22H22F3N3OS. The van der Waals surface area contributed by atoms with E-state index in [0.717, 1.165) is 21.9 Å².